The van der Waals surface area contributed by atoms with Crippen molar-refractivity contribution in [1.82, 2.24) is 10.2 Å². The Kier molecular flexibility index (Phi) is 7.14. The van der Waals surface area contributed by atoms with Crippen molar-refractivity contribution >= 4 is 46.7 Å². The quantitative estimate of drug-likeness (QED) is 0.386. The number of nitrogens with one attached hydrogen (secondary N) is 2. The van der Waals surface area contributed by atoms with Gasteiger partial charge in [0, 0.05) is 35.0 Å². The van der Waals surface area contributed by atoms with Gasteiger partial charge < -0.3 is 20.8 Å². The fourth-order valence-corrected chi connectivity index (χ4v) is 7.03. The van der Waals surface area contributed by atoms with Crippen LogP contribution in [-0.4, -0.2) is 64.6 Å². The minimum Gasteiger partial charge on any atom is -0.481 e. The second-order valence-corrected chi connectivity index (χ2v) is 12.3. The molecular weight excluding hydrogens is 567 g/mol. The van der Waals surface area contributed by atoms with E-state index >= 15 is 0 Å². The maximum absolute atomic E-state index is 14.8. The number of aliphatic carboxylic acids is 1. The molecule has 2 amide bonds. The molecule has 0 aromatic heterocycles. The Morgan fingerprint density at radius 3 is 2.62 bits per heavy atom. The van der Waals surface area contributed by atoms with E-state index in [0.29, 0.717) is 6.42 Å². The van der Waals surface area contributed by atoms with Crippen LogP contribution in [0.5, 0.6) is 0 Å². The van der Waals surface area contributed by atoms with Gasteiger partial charge in [0.2, 0.25) is 5.91 Å². The van der Waals surface area contributed by atoms with Gasteiger partial charge in [0.1, 0.15) is 11.5 Å². The zero-order chi connectivity index (χ0) is 29.2. The second kappa shape index (κ2) is 9.94. The number of hydrogen-bond acceptors (Lipinski definition) is 5. The molecule has 3 aliphatic heterocycles. The summed E-state index contributed by atoms with van der Waals surface area (Å²) in [7, 11) is 0. The molecule has 0 bridgehead atoms. The maximum atomic E-state index is 14.8. The Morgan fingerprint density at radius 1 is 1.23 bits per heavy atom. The number of halogens is 4. The number of hydrogen-bond donors (Lipinski definition) is 4. The van der Waals surface area contributed by atoms with E-state index in [9.17, 15) is 33.4 Å². The highest BCUT2D eigenvalue weighted by molar-refractivity contribution is 6.38. The van der Waals surface area contributed by atoms with Gasteiger partial charge in [-0.25, -0.2) is 8.78 Å². The van der Waals surface area contributed by atoms with Gasteiger partial charge >= 0.3 is 5.97 Å². The van der Waals surface area contributed by atoms with Crippen molar-refractivity contribution in [2.45, 2.75) is 49.6 Å². The molecule has 0 aliphatic carbocycles. The van der Waals surface area contributed by atoms with E-state index in [1.807, 2.05) is 38.1 Å². The Morgan fingerprint density at radius 2 is 1.95 bits per heavy atom. The predicted octanol–water partition coefficient (Wildman–Crippen LogP) is 3.81. The summed E-state index contributed by atoms with van der Waals surface area (Å²) in [5.74, 6) is -9.38. The van der Waals surface area contributed by atoms with Crippen molar-refractivity contribution in [1.29, 1.82) is 0 Å². The van der Waals surface area contributed by atoms with Gasteiger partial charge in [-0.3, -0.25) is 19.3 Å². The zero-order valence-corrected chi connectivity index (χ0v) is 23.3. The Balaban J connectivity index is 1.47. The van der Waals surface area contributed by atoms with Gasteiger partial charge in [-0.2, -0.15) is 0 Å². The number of carbonyl (C=O) groups is 3. The van der Waals surface area contributed by atoms with E-state index < -0.39 is 65.5 Å². The van der Waals surface area contributed by atoms with Crippen LogP contribution < -0.4 is 10.6 Å². The normalized spacial score (nSPS) is 27.0. The molecule has 214 valence electrons. The number of amides is 2. The van der Waals surface area contributed by atoms with Crippen LogP contribution in [0.1, 0.15) is 37.0 Å². The Hall–Kier alpha value is -2.79. The van der Waals surface area contributed by atoms with E-state index in [4.69, 9.17) is 23.2 Å². The first-order valence-corrected chi connectivity index (χ1v) is 13.6. The smallest absolute Gasteiger partial charge is 0.310 e. The molecule has 0 unspecified atom stereocenters. The van der Waals surface area contributed by atoms with Gasteiger partial charge in [0.15, 0.2) is 0 Å². The van der Waals surface area contributed by atoms with Gasteiger partial charge in [0.05, 0.1) is 29.8 Å². The molecule has 2 fully saturated rings. The van der Waals surface area contributed by atoms with E-state index in [0.717, 1.165) is 16.0 Å². The molecule has 4 N–H and O–H groups in total. The summed E-state index contributed by atoms with van der Waals surface area (Å²) in [6.45, 7) is 2.97. The molecule has 2 saturated heterocycles. The number of aliphatic hydroxyl groups is 1. The lowest BCUT2D eigenvalue weighted by atomic mass is 9.73. The van der Waals surface area contributed by atoms with Crippen molar-refractivity contribution < 1.29 is 33.4 Å². The fraction of sp³-hybridized carbons (Fsp3) is 0.464. The molecule has 3 heterocycles. The number of benzene rings is 2. The highest BCUT2D eigenvalue weighted by Crippen LogP contribution is 2.60. The van der Waals surface area contributed by atoms with E-state index in [1.54, 1.807) is 0 Å². The molecule has 5 rings (SSSR count). The summed E-state index contributed by atoms with van der Waals surface area (Å²) in [4.78, 5) is 41.1. The van der Waals surface area contributed by atoms with Crippen LogP contribution >= 0.6 is 23.2 Å². The zero-order valence-electron chi connectivity index (χ0n) is 21.8. The second-order valence-electron chi connectivity index (χ2n) is 11.4. The lowest BCUT2D eigenvalue weighted by Crippen LogP contribution is -2.54. The molecule has 0 radical (unpaired) electrons. The lowest BCUT2D eigenvalue weighted by Gasteiger charge is -2.35. The standard InChI is InChI=1S/C28H29Cl2F2N3O5/c1-26(2,13-36)15-5-3-4-14(8-15)6-7-33-23(37)20-19-11-27(31,32)12-35(19)28(21(20)24(38)39)17-9-16(29)10-18(30)22(17)34-25(28)40/h3-5,8-10,19-21,36H,6-7,11-13H2,1-2H3,(H,33,37)(H,34,40)(H,38,39)/t19-,20+,21-,28+/m1/s1. The van der Waals surface area contributed by atoms with Crippen LogP contribution in [0.2, 0.25) is 10.0 Å². The number of aliphatic hydroxyl groups excluding tert-OH is 1. The minimum absolute atomic E-state index is 0.0406. The monoisotopic (exact) mass is 595 g/mol. The lowest BCUT2D eigenvalue weighted by molar-refractivity contribution is -0.153. The van der Waals surface area contributed by atoms with Crippen molar-refractivity contribution in [2.24, 2.45) is 11.8 Å². The Bertz CT molecular complexity index is 1400. The summed E-state index contributed by atoms with van der Waals surface area (Å²) >= 11 is 12.5. The molecule has 2 aromatic carbocycles. The number of alkyl halides is 2. The number of nitrogens with zero attached hydrogens (tertiary/aromatic N) is 1. The summed E-state index contributed by atoms with van der Waals surface area (Å²) in [6.07, 6.45) is -0.387. The van der Waals surface area contributed by atoms with Gasteiger partial charge in [-0.15, -0.1) is 0 Å². The number of carboxylic acid groups (broad SMARTS) is 1. The van der Waals surface area contributed by atoms with Crippen LogP contribution in [0.15, 0.2) is 36.4 Å². The number of fused-ring (bicyclic) bond motifs is 4. The first-order valence-electron chi connectivity index (χ1n) is 12.9. The third-order valence-corrected chi connectivity index (χ3v) is 8.94. The van der Waals surface area contributed by atoms with E-state index in [2.05, 4.69) is 10.6 Å². The first kappa shape index (κ1) is 28.7. The summed E-state index contributed by atoms with van der Waals surface area (Å²) < 4.78 is 29.7. The van der Waals surface area contributed by atoms with Crippen LogP contribution in [0.4, 0.5) is 14.5 Å². The molecule has 4 atom stereocenters. The molecule has 40 heavy (non-hydrogen) atoms. The van der Waals surface area contributed by atoms with Crippen molar-refractivity contribution in [3.63, 3.8) is 0 Å². The molecule has 1 spiro atoms. The van der Waals surface area contributed by atoms with Crippen molar-refractivity contribution in [3.8, 4) is 0 Å². The van der Waals surface area contributed by atoms with Crippen LogP contribution in [0.25, 0.3) is 0 Å². The maximum Gasteiger partial charge on any atom is 0.310 e. The highest BCUT2D eigenvalue weighted by Gasteiger charge is 2.74. The van der Waals surface area contributed by atoms with Crippen molar-refractivity contribution in [3.05, 3.63) is 63.1 Å². The highest BCUT2D eigenvalue weighted by atomic mass is 35.5. The van der Waals surface area contributed by atoms with Gasteiger partial charge in [-0.05, 0) is 29.7 Å². The van der Waals surface area contributed by atoms with E-state index in [1.165, 1.54) is 12.1 Å². The summed E-state index contributed by atoms with van der Waals surface area (Å²) in [5, 5.41) is 25.5. The average molecular weight is 596 g/mol. The van der Waals surface area contributed by atoms with Gasteiger partial charge in [-0.1, -0.05) is 61.3 Å². The van der Waals surface area contributed by atoms with Crippen LogP contribution in [0.3, 0.4) is 0 Å². The Labute approximate surface area is 239 Å². The molecule has 12 heteroatoms. The van der Waals surface area contributed by atoms with Crippen LogP contribution in [-0.2, 0) is 31.8 Å². The molecule has 2 aromatic rings. The van der Waals surface area contributed by atoms with E-state index in [-0.39, 0.29) is 34.4 Å². The molecule has 3 aliphatic rings. The van der Waals surface area contributed by atoms with Crippen molar-refractivity contribution in [2.75, 3.05) is 25.0 Å². The summed E-state index contributed by atoms with van der Waals surface area (Å²) in [5.41, 5.74) is -0.597. The molecular formula is C28H29Cl2F2N3O5. The summed E-state index contributed by atoms with van der Waals surface area (Å²) in [6, 6.07) is 9.02. The first-order chi connectivity index (χ1) is 18.7. The number of carbonyl (C=O) groups excluding carboxylic acids is 2. The number of anilines is 1. The topological polar surface area (TPSA) is 119 Å². The van der Waals surface area contributed by atoms with Gasteiger partial charge in [0.25, 0.3) is 11.8 Å². The molecule has 8 nitrogen and oxygen atoms in total. The largest absolute Gasteiger partial charge is 0.481 e. The average Bonchev–Trinajstić information content (AvgIpc) is 3.45. The molecule has 0 saturated carbocycles. The number of rotatable bonds is 7. The minimum atomic E-state index is -3.25. The third-order valence-electron chi connectivity index (χ3n) is 8.42. The van der Waals surface area contributed by atoms with Crippen LogP contribution in [0, 0.1) is 11.8 Å². The third kappa shape index (κ3) is 4.45. The number of carboxylic acids is 1. The fourth-order valence-electron chi connectivity index (χ4n) is 6.49. The SMILES string of the molecule is CC(C)(CO)c1cccc(CCNC(=O)[C@H]2[C@H]3CC(F)(F)CN3[C@]3(C(=O)Nc4c(Cl)cc(Cl)cc43)[C@H]2C(=O)O)c1. The predicted molar refractivity (Wildman–Crippen MR) is 145 cm³/mol.